The number of unbranched alkanes of at least 4 members (excludes halogenated alkanes) is 1. The third kappa shape index (κ3) is 5.06. The van der Waals surface area contributed by atoms with Crippen molar-refractivity contribution in [1.82, 2.24) is 14.5 Å². The van der Waals surface area contributed by atoms with E-state index in [0.29, 0.717) is 30.0 Å². The molecular weight excluding hydrogens is 502 g/mol. The summed E-state index contributed by atoms with van der Waals surface area (Å²) in [5, 5.41) is 10.8. The zero-order valence-corrected chi connectivity index (χ0v) is 22.7. The zero-order valence-electron chi connectivity index (χ0n) is 21.9. The topological polar surface area (TPSA) is 111 Å². The number of hydrogen-bond acceptors (Lipinski definition) is 7. The van der Waals surface area contributed by atoms with Gasteiger partial charge in [-0.15, -0.1) is 0 Å². The van der Waals surface area contributed by atoms with Gasteiger partial charge in [0.2, 0.25) is 15.7 Å². The van der Waals surface area contributed by atoms with Crippen LogP contribution in [0.4, 0.5) is 0 Å². The first kappa shape index (κ1) is 27.1. The lowest BCUT2D eigenvalue weighted by molar-refractivity contribution is 0.394. The van der Waals surface area contributed by atoms with Crippen LogP contribution in [0.2, 0.25) is 0 Å². The van der Waals surface area contributed by atoms with Crippen molar-refractivity contribution in [3.8, 4) is 22.8 Å². The van der Waals surface area contributed by atoms with Crippen LogP contribution in [0.1, 0.15) is 49.8 Å². The molecule has 0 saturated heterocycles. The number of benzene rings is 2. The fourth-order valence-corrected chi connectivity index (χ4v) is 5.91. The Kier molecular flexibility index (Phi) is 7.97. The molecule has 4 rings (SSSR count). The number of aryl methyl sites for hydroxylation is 2. The van der Waals surface area contributed by atoms with Crippen molar-refractivity contribution in [2.75, 3.05) is 7.11 Å². The van der Waals surface area contributed by atoms with Gasteiger partial charge in [-0.25, -0.2) is 8.42 Å². The fourth-order valence-electron chi connectivity index (χ4n) is 4.57. The highest BCUT2D eigenvalue weighted by atomic mass is 32.2. The maximum Gasteiger partial charge on any atom is 0.277 e. The Balaban J connectivity index is 1.86. The maximum absolute atomic E-state index is 13.9. The monoisotopic (exact) mass is 533 g/mol. The molecule has 0 aliphatic carbocycles. The first-order valence-corrected chi connectivity index (χ1v) is 13.9. The van der Waals surface area contributed by atoms with Crippen molar-refractivity contribution in [2.24, 2.45) is 0 Å². The van der Waals surface area contributed by atoms with Gasteiger partial charge in [0.05, 0.1) is 18.0 Å². The number of rotatable bonds is 9. The van der Waals surface area contributed by atoms with Crippen LogP contribution in [-0.4, -0.2) is 35.2 Å². The molecule has 1 N–H and O–H groups in total. The molecule has 0 aliphatic rings. The third-order valence-corrected chi connectivity index (χ3v) is 8.40. The van der Waals surface area contributed by atoms with Gasteiger partial charge >= 0.3 is 0 Å². The van der Waals surface area contributed by atoms with Gasteiger partial charge in [0.25, 0.3) is 5.56 Å². The van der Waals surface area contributed by atoms with Gasteiger partial charge in [0.15, 0.2) is 4.90 Å². The van der Waals surface area contributed by atoms with Crippen LogP contribution >= 0.6 is 0 Å². The number of methoxy groups -OCH3 is 1. The largest absolute Gasteiger partial charge is 0.496 e. The van der Waals surface area contributed by atoms with E-state index >= 15 is 0 Å². The van der Waals surface area contributed by atoms with E-state index in [9.17, 15) is 18.3 Å². The van der Waals surface area contributed by atoms with Gasteiger partial charge in [-0.3, -0.25) is 14.3 Å². The average molecular weight is 534 g/mol. The van der Waals surface area contributed by atoms with Crippen LogP contribution in [0, 0.1) is 6.92 Å². The van der Waals surface area contributed by atoms with Gasteiger partial charge < -0.3 is 9.84 Å². The van der Waals surface area contributed by atoms with Crippen LogP contribution in [0.15, 0.2) is 81.4 Å². The summed E-state index contributed by atoms with van der Waals surface area (Å²) in [6.45, 7) is 5.66. The van der Waals surface area contributed by atoms with Crippen molar-refractivity contribution < 1.29 is 18.3 Å². The standard InChI is InChI=1S/C29H31N3O5S/c1-5-6-13-26-31-28(33)27(29(34)32(26)20(3)24-10-7-8-12-25(24)37-4)38(35,36)22-16-14-21(15-17-22)23-11-9-18-30-19(23)2/h7-12,14-18,20,33H,5-6,13H2,1-4H3. The second-order valence-electron chi connectivity index (χ2n) is 9.04. The summed E-state index contributed by atoms with van der Waals surface area (Å²) in [7, 11) is -2.86. The van der Waals surface area contributed by atoms with Crippen LogP contribution in [0.3, 0.4) is 0 Å². The van der Waals surface area contributed by atoms with Crippen LogP contribution < -0.4 is 10.3 Å². The predicted molar refractivity (Wildman–Crippen MR) is 145 cm³/mol. The molecule has 198 valence electrons. The Morgan fingerprint density at radius 2 is 1.76 bits per heavy atom. The molecule has 0 fully saturated rings. The number of para-hydroxylation sites is 1. The first-order valence-electron chi connectivity index (χ1n) is 12.4. The van der Waals surface area contributed by atoms with E-state index in [-0.39, 0.29) is 4.90 Å². The maximum atomic E-state index is 13.9. The van der Waals surface area contributed by atoms with Crippen molar-refractivity contribution in [2.45, 2.75) is 55.9 Å². The van der Waals surface area contributed by atoms with Gasteiger partial charge in [0, 0.05) is 29.4 Å². The molecule has 2 aromatic carbocycles. The minimum absolute atomic E-state index is 0.116. The van der Waals surface area contributed by atoms with Gasteiger partial charge in [-0.1, -0.05) is 49.7 Å². The smallest absolute Gasteiger partial charge is 0.277 e. The number of hydrogen-bond donors (Lipinski definition) is 1. The van der Waals surface area contributed by atoms with Crippen molar-refractivity contribution in [3.05, 3.63) is 94.3 Å². The van der Waals surface area contributed by atoms with Crippen LogP contribution in [0.25, 0.3) is 11.1 Å². The fraction of sp³-hybridized carbons (Fsp3) is 0.276. The summed E-state index contributed by atoms with van der Waals surface area (Å²) in [6, 6.07) is 16.5. The molecule has 38 heavy (non-hydrogen) atoms. The normalized spacial score (nSPS) is 12.3. The molecule has 0 saturated carbocycles. The SMILES string of the molecule is CCCCc1nc(O)c(S(=O)(=O)c2ccc(-c3cccnc3C)cc2)c(=O)n1C(C)c1ccccc1OC. The average Bonchev–Trinajstić information content (AvgIpc) is 2.91. The van der Waals surface area contributed by atoms with E-state index < -0.39 is 32.2 Å². The van der Waals surface area contributed by atoms with Crippen molar-refractivity contribution >= 4 is 9.84 Å². The molecule has 4 aromatic rings. The molecule has 2 heterocycles. The molecule has 9 heteroatoms. The zero-order chi connectivity index (χ0) is 27.4. The molecule has 0 spiro atoms. The predicted octanol–water partition coefficient (Wildman–Crippen LogP) is 5.11. The number of ether oxygens (including phenoxy) is 1. The second kappa shape index (κ2) is 11.2. The van der Waals surface area contributed by atoms with Gasteiger partial charge in [-0.05, 0) is 50.1 Å². The minimum Gasteiger partial charge on any atom is -0.496 e. The number of pyridine rings is 1. The lowest BCUT2D eigenvalue weighted by atomic mass is 10.1. The van der Waals surface area contributed by atoms with Crippen molar-refractivity contribution in [3.63, 3.8) is 0 Å². The molecule has 0 amide bonds. The van der Waals surface area contributed by atoms with E-state index in [2.05, 4.69) is 9.97 Å². The molecule has 1 atom stereocenters. The third-order valence-electron chi connectivity index (χ3n) is 6.61. The molecule has 2 aromatic heterocycles. The van der Waals surface area contributed by atoms with Crippen LogP contribution in [-0.2, 0) is 16.3 Å². The van der Waals surface area contributed by atoms with Gasteiger partial charge in [-0.2, -0.15) is 4.98 Å². The Morgan fingerprint density at radius 1 is 1.05 bits per heavy atom. The molecule has 8 nitrogen and oxygen atoms in total. The molecule has 0 aliphatic heterocycles. The van der Waals surface area contributed by atoms with E-state index in [1.54, 1.807) is 31.3 Å². The van der Waals surface area contributed by atoms with E-state index in [1.807, 2.05) is 44.2 Å². The Hall–Kier alpha value is -3.98. The molecule has 0 radical (unpaired) electrons. The highest BCUT2D eigenvalue weighted by Crippen LogP contribution is 2.31. The number of aromatic nitrogens is 3. The number of aromatic hydroxyl groups is 1. The summed E-state index contributed by atoms with van der Waals surface area (Å²) in [4.78, 5) is 21.5. The molecular formula is C29H31N3O5S. The van der Waals surface area contributed by atoms with Crippen LogP contribution in [0.5, 0.6) is 11.6 Å². The number of sulfone groups is 1. The van der Waals surface area contributed by atoms with E-state index in [1.165, 1.54) is 23.8 Å². The second-order valence-corrected chi connectivity index (χ2v) is 10.9. The Morgan fingerprint density at radius 3 is 2.42 bits per heavy atom. The Labute approximate surface area is 222 Å². The van der Waals surface area contributed by atoms with E-state index in [4.69, 9.17) is 4.74 Å². The summed E-state index contributed by atoms with van der Waals surface area (Å²) in [5.74, 6) is 0.0815. The summed E-state index contributed by atoms with van der Waals surface area (Å²) >= 11 is 0. The quantitative estimate of drug-likeness (QED) is 0.318. The van der Waals surface area contributed by atoms with E-state index in [0.717, 1.165) is 23.2 Å². The highest BCUT2D eigenvalue weighted by molar-refractivity contribution is 7.91. The summed E-state index contributed by atoms with van der Waals surface area (Å²) < 4.78 is 34.2. The molecule has 1 unspecified atom stereocenters. The molecule has 0 bridgehead atoms. The summed E-state index contributed by atoms with van der Waals surface area (Å²) in [6.07, 6.45) is 3.64. The first-order chi connectivity index (χ1) is 18.2. The lowest BCUT2D eigenvalue weighted by Crippen LogP contribution is -2.33. The Bertz CT molecular complexity index is 1610. The lowest BCUT2D eigenvalue weighted by Gasteiger charge is -2.22. The summed E-state index contributed by atoms with van der Waals surface area (Å²) in [5.41, 5.74) is 2.33. The highest BCUT2D eigenvalue weighted by Gasteiger charge is 2.31. The number of nitrogens with zero attached hydrogens (tertiary/aromatic N) is 3. The van der Waals surface area contributed by atoms with Crippen molar-refractivity contribution in [1.29, 1.82) is 0 Å². The van der Waals surface area contributed by atoms with Gasteiger partial charge in [0.1, 0.15) is 11.6 Å². The minimum atomic E-state index is -4.39.